The van der Waals surface area contributed by atoms with E-state index in [1.165, 1.54) is 36.1 Å². The number of para-hydroxylation sites is 5. The van der Waals surface area contributed by atoms with E-state index in [4.69, 9.17) is 0 Å². The molecule has 0 aromatic heterocycles. The quantitative estimate of drug-likeness (QED) is 0.0525. The van der Waals surface area contributed by atoms with Crippen LogP contribution in [0.15, 0.2) is 334 Å². The first-order valence-corrected chi connectivity index (χ1v) is 28.9. The lowest BCUT2D eigenvalue weighted by Gasteiger charge is -2.27. The van der Waals surface area contributed by atoms with Crippen molar-refractivity contribution in [3.8, 4) is 33.4 Å². The molecule has 0 aliphatic heterocycles. The molecule has 0 amide bonds. The molecule has 0 unspecified atom stereocenters. The summed E-state index contributed by atoms with van der Waals surface area (Å²) >= 11 is 0. The Balaban J connectivity index is 0.757. The first-order valence-electron chi connectivity index (χ1n) is 28.9. The van der Waals surface area contributed by atoms with Crippen molar-refractivity contribution in [2.24, 2.45) is 0 Å². The number of nitrogens with zero attached hydrogens (tertiary/aromatic N) is 4. The Labute approximate surface area is 490 Å². The molecule has 12 aromatic carbocycles. The van der Waals surface area contributed by atoms with Crippen molar-refractivity contribution in [2.45, 2.75) is 32.1 Å². The summed E-state index contributed by atoms with van der Waals surface area (Å²) in [5.41, 5.74) is 21.6. The van der Waals surface area contributed by atoms with E-state index in [9.17, 15) is 0 Å². The minimum atomic E-state index is 1.07. The predicted octanol–water partition coefficient (Wildman–Crippen LogP) is 22.9. The molecule has 0 fully saturated rings. The summed E-state index contributed by atoms with van der Waals surface area (Å²) in [6.45, 7) is 3.89. The van der Waals surface area contributed by atoms with Gasteiger partial charge in [0.2, 0.25) is 0 Å². The third-order valence-electron chi connectivity index (χ3n) is 15.4. The molecule has 0 atom stereocenters. The normalized spacial score (nSPS) is 10.9. The van der Waals surface area contributed by atoms with E-state index in [1.807, 2.05) is 6.08 Å². The number of unbranched alkanes of at least 4 members (excludes halogenated alkanes) is 3. The fourth-order valence-corrected chi connectivity index (χ4v) is 11.1. The van der Waals surface area contributed by atoms with Crippen LogP contribution in [0.4, 0.5) is 68.2 Å². The van der Waals surface area contributed by atoms with Gasteiger partial charge in [-0.05, 0) is 210 Å². The number of rotatable bonds is 21. The molecule has 0 aliphatic carbocycles. The predicted molar refractivity (Wildman–Crippen MR) is 354 cm³/mol. The van der Waals surface area contributed by atoms with Crippen LogP contribution in [0, 0.1) is 0 Å². The Morgan fingerprint density at radius 1 is 0.217 bits per heavy atom. The highest BCUT2D eigenvalue weighted by Crippen LogP contribution is 2.42. The highest BCUT2D eigenvalue weighted by molar-refractivity contribution is 5.84. The molecule has 12 aromatic rings. The first kappa shape index (κ1) is 53.2. The van der Waals surface area contributed by atoms with E-state index in [0.29, 0.717) is 0 Å². The van der Waals surface area contributed by atoms with Crippen LogP contribution < -0.4 is 19.6 Å². The third kappa shape index (κ3) is 12.5. The molecule has 12 rings (SSSR count). The molecule has 0 saturated carbocycles. The van der Waals surface area contributed by atoms with Gasteiger partial charge < -0.3 is 19.6 Å². The summed E-state index contributed by atoms with van der Waals surface area (Å²) in [6.07, 6.45) is 7.77. The van der Waals surface area contributed by atoms with Crippen LogP contribution in [0.5, 0.6) is 0 Å². The minimum absolute atomic E-state index is 1.07. The van der Waals surface area contributed by atoms with Crippen molar-refractivity contribution in [2.75, 3.05) is 19.6 Å². The number of benzene rings is 12. The lowest BCUT2D eigenvalue weighted by atomic mass is 10.0. The Morgan fingerprint density at radius 2 is 0.446 bits per heavy atom. The summed E-state index contributed by atoms with van der Waals surface area (Å²) in [6, 6.07) is 116. The van der Waals surface area contributed by atoms with Crippen LogP contribution >= 0.6 is 0 Å². The smallest absolute Gasteiger partial charge is 0.0464 e. The van der Waals surface area contributed by atoms with Gasteiger partial charge in [0.15, 0.2) is 0 Å². The van der Waals surface area contributed by atoms with Crippen molar-refractivity contribution < 1.29 is 0 Å². The van der Waals surface area contributed by atoms with E-state index >= 15 is 0 Å². The number of hydrogen-bond donors (Lipinski definition) is 0. The monoisotopic (exact) mass is 1070 g/mol. The largest absolute Gasteiger partial charge is 0.311 e. The number of hydrogen-bond acceptors (Lipinski definition) is 4. The average Bonchev–Trinajstić information content (AvgIpc) is 3.71. The molecule has 83 heavy (non-hydrogen) atoms. The van der Waals surface area contributed by atoms with Crippen molar-refractivity contribution in [3.05, 3.63) is 340 Å². The third-order valence-corrected chi connectivity index (χ3v) is 15.4. The molecule has 4 nitrogen and oxygen atoms in total. The fourth-order valence-electron chi connectivity index (χ4n) is 11.1. The van der Waals surface area contributed by atoms with Gasteiger partial charge in [-0.1, -0.05) is 188 Å². The second-order valence-corrected chi connectivity index (χ2v) is 20.9. The number of anilines is 12. The summed E-state index contributed by atoms with van der Waals surface area (Å²) in [5, 5.41) is 0. The van der Waals surface area contributed by atoms with Crippen molar-refractivity contribution in [3.63, 3.8) is 0 Å². The molecule has 0 N–H and O–H groups in total. The van der Waals surface area contributed by atoms with E-state index in [1.54, 1.807) is 0 Å². The van der Waals surface area contributed by atoms with Gasteiger partial charge in [0.1, 0.15) is 0 Å². The molecule has 0 heterocycles. The topological polar surface area (TPSA) is 13.0 Å². The molecule has 0 radical (unpaired) electrons. The maximum absolute atomic E-state index is 3.89. The van der Waals surface area contributed by atoms with Crippen molar-refractivity contribution >= 4 is 68.2 Å². The summed E-state index contributed by atoms with van der Waals surface area (Å²) in [4.78, 5) is 9.31. The molecule has 0 spiro atoms. The Kier molecular flexibility index (Phi) is 16.5. The lowest BCUT2D eigenvalue weighted by molar-refractivity contribution is 0.687. The summed E-state index contributed by atoms with van der Waals surface area (Å²) in [7, 11) is 0. The fraction of sp³-hybridized carbons (Fsp3) is 0.0633. The van der Waals surface area contributed by atoms with E-state index < -0.39 is 0 Å². The Morgan fingerprint density at radius 3 is 0.699 bits per heavy atom. The van der Waals surface area contributed by atoms with E-state index in [-0.39, 0.29) is 0 Å². The second-order valence-electron chi connectivity index (χ2n) is 20.9. The molecule has 0 saturated heterocycles. The van der Waals surface area contributed by atoms with Gasteiger partial charge in [-0.15, -0.1) is 6.58 Å². The maximum atomic E-state index is 3.89. The van der Waals surface area contributed by atoms with Gasteiger partial charge in [-0.25, -0.2) is 0 Å². The van der Waals surface area contributed by atoms with Gasteiger partial charge in [0.25, 0.3) is 0 Å². The van der Waals surface area contributed by atoms with Crippen LogP contribution in [0.3, 0.4) is 0 Å². The van der Waals surface area contributed by atoms with Crippen LogP contribution in [-0.2, 0) is 6.42 Å². The molecule has 0 aliphatic rings. The number of allylic oxidation sites excluding steroid dienone is 1. The molecular formula is C79H66N4. The highest BCUT2D eigenvalue weighted by Gasteiger charge is 2.18. The molecule has 402 valence electrons. The zero-order valence-electron chi connectivity index (χ0n) is 46.7. The second kappa shape index (κ2) is 25.8. The van der Waals surface area contributed by atoms with Crippen LogP contribution in [0.2, 0.25) is 0 Å². The Bertz CT molecular complexity index is 3910. The molecule has 0 bridgehead atoms. The molecule has 4 heteroatoms. The lowest BCUT2D eigenvalue weighted by Crippen LogP contribution is -2.10. The van der Waals surface area contributed by atoms with Crippen molar-refractivity contribution in [1.82, 2.24) is 0 Å². The maximum Gasteiger partial charge on any atom is 0.0464 e. The van der Waals surface area contributed by atoms with Crippen LogP contribution in [0.25, 0.3) is 33.4 Å². The standard InChI is InChI=1S/C79H66N4/c1-2-3-4-5-11-23-61-24-22-35-79(60-61)83(72-33-20-10-21-34-72)78-58-46-67(47-59-78)66-44-56-77(57-45-66)82(71-31-18-9-19-32-71)76-54-42-65(43-55-76)64-40-52-75(53-41-64)81(70-29-16-8-17-30-70)74-50-38-63(39-51-74)62-36-48-73(49-37-62)80(68-25-12-6-13-26-68)69-27-14-7-15-28-69/h2,6-10,12-22,24-60H,1,3-5,11,23H2. The minimum Gasteiger partial charge on any atom is -0.311 e. The average molecular weight is 1070 g/mol. The number of aryl methyl sites for hydroxylation is 1. The van der Waals surface area contributed by atoms with Crippen LogP contribution in [0.1, 0.15) is 31.2 Å². The van der Waals surface area contributed by atoms with Gasteiger partial charge in [-0.2, -0.15) is 0 Å². The van der Waals surface area contributed by atoms with Crippen LogP contribution in [-0.4, -0.2) is 0 Å². The van der Waals surface area contributed by atoms with Gasteiger partial charge in [-0.3, -0.25) is 0 Å². The van der Waals surface area contributed by atoms with E-state index in [0.717, 1.165) is 103 Å². The van der Waals surface area contributed by atoms with Gasteiger partial charge >= 0.3 is 0 Å². The molecular weight excluding hydrogens is 1000 g/mol. The van der Waals surface area contributed by atoms with Gasteiger partial charge in [0.05, 0.1) is 0 Å². The highest BCUT2D eigenvalue weighted by atomic mass is 15.2. The Hall–Kier alpha value is -10.4. The first-order chi connectivity index (χ1) is 41.1. The van der Waals surface area contributed by atoms with E-state index in [2.05, 4.69) is 348 Å². The summed E-state index contributed by atoms with van der Waals surface area (Å²) in [5.74, 6) is 0. The van der Waals surface area contributed by atoms with Gasteiger partial charge in [0, 0.05) is 68.2 Å². The van der Waals surface area contributed by atoms with Crippen molar-refractivity contribution in [1.29, 1.82) is 0 Å². The zero-order chi connectivity index (χ0) is 56.0. The zero-order valence-corrected chi connectivity index (χ0v) is 46.7. The SMILES string of the molecule is C=CCCCCCc1cccc(N(c2ccccc2)c2ccc(-c3ccc(N(c4ccccc4)c4ccc(-c5ccc(N(c6ccccc6)c6ccc(-c7ccc(N(c8ccccc8)c8ccccc8)cc7)cc6)cc5)cc4)cc3)cc2)c1. The summed E-state index contributed by atoms with van der Waals surface area (Å²) < 4.78 is 0.